The number of hydrogen-bond acceptors (Lipinski definition) is 4. The molecular formula is C14H12ClN3O2S. The van der Waals surface area contributed by atoms with Gasteiger partial charge in [0.1, 0.15) is 6.07 Å². The average molecular weight is 322 g/mol. The summed E-state index contributed by atoms with van der Waals surface area (Å²) in [5, 5.41) is 9.54. The lowest BCUT2D eigenvalue weighted by molar-refractivity contribution is 0.581. The van der Waals surface area contributed by atoms with Gasteiger partial charge in [-0.3, -0.25) is 0 Å². The van der Waals surface area contributed by atoms with Gasteiger partial charge in [-0.15, -0.1) is 0 Å². The molecule has 0 atom stereocenters. The first-order chi connectivity index (χ1) is 9.92. The van der Waals surface area contributed by atoms with Crippen molar-refractivity contribution in [1.29, 1.82) is 5.26 Å². The lowest BCUT2D eigenvalue weighted by atomic mass is 10.2. The molecule has 2 aromatic rings. The summed E-state index contributed by atoms with van der Waals surface area (Å²) >= 11 is 5.84. The molecule has 0 aliphatic heterocycles. The SMILES string of the molecule is N#Cc1cc(N)ccc1S(=O)(=O)NCc1cccc(Cl)c1. The number of benzene rings is 2. The van der Waals surface area contributed by atoms with Crippen molar-refractivity contribution < 1.29 is 8.42 Å². The van der Waals surface area contributed by atoms with Gasteiger partial charge in [-0.1, -0.05) is 23.7 Å². The Morgan fingerprint density at radius 3 is 2.67 bits per heavy atom. The number of nitrogens with two attached hydrogens (primary N) is 1. The quantitative estimate of drug-likeness (QED) is 0.844. The molecule has 0 spiro atoms. The summed E-state index contributed by atoms with van der Waals surface area (Å²) in [5.41, 5.74) is 6.61. The summed E-state index contributed by atoms with van der Waals surface area (Å²) < 4.78 is 26.9. The van der Waals surface area contributed by atoms with Crippen LogP contribution in [0.5, 0.6) is 0 Å². The Bertz CT molecular complexity index is 813. The van der Waals surface area contributed by atoms with Crippen molar-refractivity contribution in [2.75, 3.05) is 5.73 Å². The van der Waals surface area contributed by atoms with Gasteiger partial charge in [-0.05, 0) is 35.9 Å². The van der Waals surface area contributed by atoms with Gasteiger partial charge in [-0.2, -0.15) is 5.26 Å². The van der Waals surface area contributed by atoms with Crippen LogP contribution in [-0.4, -0.2) is 8.42 Å². The number of nitrogen functional groups attached to an aromatic ring is 1. The highest BCUT2D eigenvalue weighted by Crippen LogP contribution is 2.18. The zero-order chi connectivity index (χ0) is 15.5. The molecule has 21 heavy (non-hydrogen) atoms. The Hall–Kier alpha value is -2.07. The van der Waals surface area contributed by atoms with Gasteiger partial charge in [0.05, 0.1) is 10.5 Å². The highest BCUT2D eigenvalue weighted by molar-refractivity contribution is 7.89. The molecule has 2 rings (SSSR count). The highest BCUT2D eigenvalue weighted by atomic mass is 35.5. The van der Waals surface area contributed by atoms with E-state index in [2.05, 4.69) is 4.72 Å². The van der Waals surface area contributed by atoms with E-state index in [1.807, 2.05) is 6.07 Å². The van der Waals surface area contributed by atoms with Crippen molar-refractivity contribution in [2.45, 2.75) is 11.4 Å². The van der Waals surface area contributed by atoms with Crippen LogP contribution < -0.4 is 10.5 Å². The van der Waals surface area contributed by atoms with Crippen molar-refractivity contribution in [3.05, 3.63) is 58.6 Å². The van der Waals surface area contributed by atoms with E-state index in [-0.39, 0.29) is 17.0 Å². The van der Waals surface area contributed by atoms with Crippen LogP contribution in [0.25, 0.3) is 0 Å². The summed E-state index contributed by atoms with van der Waals surface area (Å²) in [6.45, 7) is 0.0815. The minimum Gasteiger partial charge on any atom is -0.399 e. The number of sulfonamides is 1. The first-order valence-electron chi connectivity index (χ1n) is 5.96. The van der Waals surface area contributed by atoms with Gasteiger partial charge in [0.25, 0.3) is 0 Å². The molecule has 0 fully saturated rings. The second-order valence-corrected chi connectivity index (χ2v) is 6.49. The molecule has 0 saturated carbocycles. The van der Waals surface area contributed by atoms with Gasteiger partial charge in [-0.25, -0.2) is 13.1 Å². The van der Waals surface area contributed by atoms with E-state index in [0.717, 1.165) is 5.56 Å². The maximum Gasteiger partial charge on any atom is 0.242 e. The molecule has 5 nitrogen and oxygen atoms in total. The molecule has 0 heterocycles. The zero-order valence-electron chi connectivity index (χ0n) is 10.9. The fourth-order valence-electron chi connectivity index (χ4n) is 1.77. The van der Waals surface area contributed by atoms with Crippen LogP contribution in [-0.2, 0) is 16.6 Å². The van der Waals surface area contributed by atoms with E-state index >= 15 is 0 Å². The number of halogens is 1. The zero-order valence-corrected chi connectivity index (χ0v) is 12.4. The number of rotatable bonds is 4. The molecule has 0 aliphatic carbocycles. The average Bonchev–Trinajstić information content (AvgIpc) is 2.45. The molecule has 0 aliphatic rings. The largest absolute Gasteiger partial charge is 0.399 e. The Morgan fingerprint density at radius 1 is 1.24 bits per heavy atom. The van der Waals surface area contributed by atoms with Crippen LogP contribution in [0.3, 0.4) is 0 Å². The molecule has 0 unspecified atom stereocenters. The number of nitrogens with zero attached hydrogens (tertiary/aromatic N) is 1. The second kappa shape index (κ2) is 6.14. The summed E-state index contributed by atoms with van der Waals surface area (Å²) in [6.07, 6.45) is 0. The molecule has 0 aromatic heterocycles. The third-order valence-corrected chi connectivity index (χ3v) is 4.46. The normalized spacial score (nSPS) is 11.0. The van der Waals surface area contributed by atoms with E-state index in [1.54, 1.807) is 24.3 Å². The Morgan fingerprint density at radius 2 is 2.00 bits per heavy atom. The molecule has 108 valence electrons. The first-order valence-corrected chi connectivity index (χ1v) is 7.82. The van der Waals surface area contributed by atoms with E-state index < -0.39 is 10.0 Å². The summed E-state index contributed by atoms with van der Waals surface area (Å²) in [7, 11) is -3.80. The molecule has 2 aromatic carbocycles. The van der Waals surface area contributed by atoms with Crippen LogP contribution in [0.2, 0.25) is 5.02 Å². The number of hydrogen-bond donors (Lipinski definition) is 2. The van der Waals surface area contributed by atoms with Crippen LogP contribution in [0.4, 0.5) is 5.69 Å². The Kier molecular flexibility index (Phi) is 4.48. The maximum absolute atomic E-state index is 12.2. The number of nitriles is 1. The lowest BCUT2D eigenvalue weighted by Gasteiger charge is -2.09. The van der Waals surface area contributed by atoms with E-state index in [1.165, 1.54) is 18.2 Å². The van der Waals surface area contributed by atoms with Crippen molar-refractivity contribution in [3.63, 3.8) is 0 Å². The molecule has 3 N–H and O–H groups in total. The van der Waals surface area contributed by atoms with Crippen molar-refractivity contribution in [3.8, 4) is 6.07 Å². The Labute approximate surface area is 128 Å². The Balaban J connectivity index is 2.25. The minimum absolute atomic E-state index is 0.00796. The summed E-state index contributed by atoms with van der Waals surface area (Å²) in [4.78, 5) is -0.0961. The van der Waals surface area contributed by atoms with Crippen molar-refractivity contribution in [1.82, 2.24) is 4.72 Å². The fourth-order valence-corrected chi connectivity index (χ4v) is 3.14. The molecular weight excluding hydrogens is 310 g/mol. The van der Waals surface area contributed by atoms with Gasteiger partial charge < -0.3 is 5.73 Å². The van der Waals surface area contributed by atoms with Crippen molar-refractivity contribution in [2.24, 2.45) is 0 Å². The maximum atomic E-state index is 12.2. The second-order valence-electron chi connectivity index (χ2n) is 4.32. The summed E-state index contributed by atoms with van der Waals surface area (Å²) in [6, 6.07) is 12.8. The first kappa shape index (κ1) is 15.3. The standard InChI is InChI=1S/C14H12ClN3O2S/c15-12-3-1-2-10(6-12)9-18-21(19,20)14-5-4-13(17)7-11(14)8-16/h1-7,18H,9,17H2. The highest BCUT2D eigenvalue weighted by Gasteiger charge is 2.18. The minimum atomic E-state index is -3.80. The van der Waals surface area contributed by atoms with Gasteiger partial charge in [0, 0.05) is 17.3 Å². The topological polar surface area (TPSA) is 96.0 Å². The molecule has 0 bridgehead atoms. The smallest absolute Gasteiger partial charge is 0.242 e. The molecule has 0 amide bonds. The third-order valence-electron chi connectivity index (χ3n) is 2.77. The van der Waals surface area contributed by atoms with Crippen LogP contribution in [0.15, 0.2) is 47.4 Å². The number of nitrogens with one attached hydrogen (secondary N) is 1. The van der Waals surface area contributed by atoms with Gasteiger partial charge in [0.15, 0.2) is 0 Å². The van der Waals surface area contributed by atoms with Gasteiger partial charge in [0.2, 0.25) is 10.0 Å². The molecule has 0 saturated heterocycles. The number of anilines is 1. The van der Waals surface area contributed by atoms with E-state index in [9.17, 15) is 8.42 Å². The predicted molar refractivity (Wildman–Crippen MR) is 81.0 cm³/mol. The fraction of sp³-hybridized carbons (Fsp3) is 0.0714. The molecule has 0 radical (unpaired) electrons. The monoisotopic (exact) mass is 321 g/mol. The van der Waals surface area contributed by atoms with Crippen LogP contribution >= 0.6 is 11.6 Å². The van der Waals surface area contributed by atoms with E-state index in [0.29, 0.717) is 10.7 Å². The van der Waals surface area contributed by atoms with Gasteiger partial charge >= 0.3 is 0 Å². The predicted octanol–water partition coefficient (Wildman–Crippen LogP) is 2.27. The molecule has 7 heteroatoms. The lowest BCUT2D eigenvalue weighted by Crippen LogP contribution is -2.24. The van der Waals surface area contributed by atoms with Crippen LogP contribution in [0, 0.1) is 11.3 Å². The van der Waals surface area contributed by atoms with E-state index in [4.69, 9.17) is 22.6 Å². The summed E-state index contributed by atoms with van der Waals surface area (Å²) in [5.74, 6) is 0. The van der Waals surface area contributed by atoms with Crippen LogP contribution in [0.1, 0.15) is 11.1 Å². The van der Waals surface area contributed by atoms with Crippen molar-refractivity contribution >= 4 is 27.3 Å². The third kappa shape index (κ3) is 3.73.